The predicted molar refractivity (Wildman–Crippen MR) is 113 cm³/mol. The molecule has 3 heteroatoms. The maximum absolute atomic E-state index is 11.7. The van der Waals surface area contributed by atoms with Gasteiger partial charge in [-0.2, -0.15) is 0 Å². The Morgan fingerprint density at radius 2 is 1.33 bits per heavy atom. The number of rotatable bonds is 17. The molecular weight excluding hydrogens is 336 g/mol. The number of unbranched alkanes of at least 4 members (excludes halogenated alkanes) is 10. The van der Waals surface area contributed by atoms with Crippen LogP contribution in [0.5, 0.6) is 5.75 Å². The number of hydrogen-bond acceptors (Lipinski definition) is 3. The van der Waals surface area contributed by atoms with E-state index >= 15 is 0 Å². The molecule has 3 nitrogen and oxygen atoms in total. The van der Waals surface area contributed by atoms with E-state index in [1.165, 1.54) is 38.5 Å². The highest BCUT2D eigenvalue weighted by Gasteiger charge is 2.05. The third kappa shape index (κ3) is 14.4. The minimum atomic E-state index is -0.147. The van der Waals surface area contributed by atoms with Gasteiger partial charge in [0.1, 0.15) is 5.75 Å². The number of ether oxygens (including phenoxy) is 1. The van der Waals surface area contributed by atoms with Gasteiger partial charge in [-0.15, -0.1) is 0 Å². The Morgan fingerprint density at radius 3 is 1.93 bits per heavy atom. The zero-order chi connectivity index (χ0) is 19.6. The standard InChI is InChI=1S/C24H40O3/c1-2-3-4-5-6-8-12-17-22(25)18-13-9-7-10-16-21-24(26)27-23-19-14-11-15-20-23/h11,14-15,19-20,22,25H,2-10,12-13,16-18,21H2,1H3. The number of para-hydroxylation sites is 1. The van der Waals surface area contributed by atoms with E-state index in [0.29, 0.717) is 12.2 Å². The summed E-state index contributed by atoms with van der Waals surface area (Å²) in [5.74, 6) is 0.476. The van der Waals surface area contributed by atoms with E-state index in [0.717, 1.165) is 51.4 Å². The van der Waals surface area contributed by atoms with Gasteiger partial charge >= 0.3 is 5.97 Å². The highest BCUT2D eigenvalue weighted by molar-refractivity contribution is 5.72. The number of esters is 1. The Hall–Kier alpha value is -1.35. The zero-order valence-electron chi connectivity index (χ0n) is 17.3. The third-order valence-electron chi connectivity index (χ3n) is 5.03. The van der Waals surface area contributed by atoms with Crippen molar-refractivity contribution in [2.45, 2.75) is 109 Å². The average molecular weight is 377 g/mol. The molecule has 0 fully saturated rings. The number of benzene rings is 1. The second kappa shape index (κ2) is 16.8. The summed E-state index contributed by atoms with van der Waals surface area (Å²) in [5, 5.41) is 10.0. The van der Waals surface area contributed by atoms with Crippen molar-refractivity contribution in [2.24, 2.45) is 0 Å². The van der Waals surface area contributed by atoms with Crippen molar-refractivity contribution in [1.82, 2.24) is 0 Å². The van der Waals surface area contributed by atoms with Crippen LogP contribution in [-0.2, 0) is 4.79 Å². The van der Waals surface area contributed by atoms with Gasteiger partial charge in [0, 0.05) is 6.42 Å². The third-order valence-corrected chi connectivity index (χ3v) is 5.03. The van der Waals surface area contributed by atoms with Crippen molar-refractivity contribution in [3.8, 4) is 5.75 Å². The average Bonchev–Trinajstić information content (AvgIpc) is 2.67. The van der Waals surface area contributed by atoms with Crippen molar-refractivity contribution >= 4 is 5.97 Å². The SMILES string of the molecule is CCCCCCCCCC(O)CCCCCCCC(=O)Oc1ccccc1. The number of aliphatic hydroxyl groups is 1. The van der Waals surface area contributed by atoms with Crippen molar-refractivity contribution in [2.75, 3.05) is 0 Å². The fraction of sp³-hybridized carbons (Fsp3) is 0.708. The lowest BCUT2D eigenvalue weighted by atomic mass is 10.0. The molecule has 1 atom stereocenters. The molecule has 0 amide bonds. The molecule has 27 heavy (non-hydrogen) atoms. The van der Waals surface area contributed by atoms with Crippen molar-refractivity contribution in [1.29, 1.82) is 0 Å². The monoisotopic (exact) mass is 376 g/mol. The molecule has 0 spiro atoms. The maximum Gasteiger partial charge on any atom is 0.311 e. The predicted octanol–water partition coefficient (Wildman–Crippen LogP) is 6.82. The first kappa shape index (κ1) is 23.7. The Morgan fingerprint density at radius 1 is 0.815 bits per heavy atom. The molecular formula is C24H40O3. The summed E-state index contributed by atoms with van der Waals surface area (Å²) in [5.41, 5.74) is 0. The van der Waals surface area contributed by atoms with Gasteiger partial charge in [0.25, 0.3) is 0 Å². The second-order valence-corrected chi connectivity index (χ2v) is 7.66. The van der Waals surface area contributed by atoms with Crippen LogP contribution in [0.15, 0.2) is 30.3 Å². The molecule has 0 aliphatic rings. The van der Waals surface area contributed by atoms with E-state index in [-0.39, 0.29) is 12.1 Å². The fourth-order valence-electron chi connectivity index (χ4n) is 3.33. The fourth-order valence-corrected chi connectivity index (χ4v) is 3.33. The second-order valence-electron chi connectivity index (χ2n) is 7.66. The first-order valence-corrected chi connectivity index (χ1v) is 11.2. The Bertz CT molecular complexity index is 458. The van der Waals surface area contributed by atoms with E-state index in [1.54, 1.807) is 12.1 Å². The highest BCUT2D eigenvalue weighted by atomic mass is 16.5. The summed E-state index contributed by atoms with van der Waals surface area (Å²) in [4.78, 5) is 11.7. The molecule has 1 aromatic carbocycles. The first-order valence-electron chi connectivity index (χ1n) is 11.2. The quantitative estimate of drug-likeness (QED) is 0.184. The van der Waals surface area contributed by atoms with E-state index in [4.69, 9.17) is 4.74 Å². The number of carbonyl (C=O) groups excluding carboxylic acids is 1. The first-order chi connectivity index (χ1) is 13.2. The van der Waals surface area contributed by atoms with Gasteiger partial charge < -0.3 is 9.84 Å². The lowest BCUT2D eigenvalue weighted by molar-refractivity contribution is -0.134. The molecule has 0 saturated carbocycles. The Balaban J connectivity index is 1.85. The van der Waals surface area contributed by atoms with Crippen LogP contribution in [0.3, 0.4) is 0 Å². The van der Waals surface area contributed by atoms with Crippen molar-refractivity contribution < 1.29 is 14.6 Å². The van der Waals surface area contributed by atoms with Crippen LogP contribution in [0, 0.1) is 0 Å². The molecule has 0 heterocycles. The molecule has 154 valence electrons. The smallest absolute Gasteiger partial charge is 0.311 e. The van der Waals surface area contributed by atoms with E-state index < -0.39 is 0 Å². The van der Waals surface area contributed by atoms with Crippen LogP contribution >= 0.6 is 0 Å². The largest absolute Gasteiger partial charge is 0.427 e. The Kier molecular flexibility index (Phi) is 14.7. The minimum Gasteiger partial charge on any atom is -0.427 e. The number of carbonyl (C=O) groups is 1. The zero-order valence-corrected chi connectivity index (χ0v) is 17.3. The lowest BCUT2D eigenvalue weighted by Crippen LogP contribution is -2.07. The number of aliphatic hydroxyl groups excluding tert-OH is 1. The van der Waals surface area contributed by atoms with Gasteiger partial charge in [-0.3, -0.25) is 4.79 Å². The summed E-state index contributed by atoms with van der Waals surface area (Å²) in [7, 11) is 0. The Labute approximate surface area is 166 Å². The number of hydrogen-bond donors (Lipinski definition) is 1. The van der Waals surface area contributed by atoms with E-state index in [9.17, 15) is 9.90 Å². The summed E-state index contributed by atoms with van der Waals surface area (Å²) < 4.78 is 5.28. The summed E-state index contributed by atoms with van der Waals surface area (Å²) in [6.07, 6.45) is 16.7. The molecule has 0 aliphatic carbocycles. The minimum absolute atomic E-state index is 0.124. The summed E-state index contributed by atoms with van der Waals surface area (Å²) >= 11 is 0. The van der Waals surface area contributed by atoms with Crippen LogP contribution in [0.1, 0.15) is 103 Å². The molecule has 1 rings (SSSR count). The van der Waals surface area contributed by atoms with Crippen LogP contribution in [0.25, 0.3) is 0 Å². The van der Waals surface area contributed by atoms with Gasteiger partial charge in [0.2, 0.25) is 0 Å². The van der Waals surface area contributed by atoms with Gasteiger partial charge in [0.05, 0.1) is 6.10 Å². The molecule has 0 radical (unpaired) electrons. The lowest BCUT2D eigenvalue weighted by Gasteiger charge is -2.10. The molecule has 1 unspecified atom stereocenters. The maximum atomic E-state index is 11.7. The van der Waals surface area contributed by atoms with Crippen LogP contribution in [0.2, 0.25) is 0 Å². The normalized spacial score (nSPS) is 12.1. The van der Waals surface area contributed by atoms with E-state index in [1.807, 2.05) is 18.2 Å². The molecule has 1 N–H and O–H groups in total. The van der Waals surface area contributed by atoms with Gasteiger partial charge in [-0.05, 0) is 31.4 Å². The van der Waals surface area contributed by atoms with Gasteiger partial charge in [-0.25, -0.2) is 0 Å². The molecule has 0 aliphatic heterocycles. The van der Waals surface area contributed by atoms with Crippen molar-refractivity contribution in [3.05, 3.63) is 30.3 Å². The molecule has 1 aromatic rings. The van der Waals surface area contributed by atoms with Crippen LogP contribution in [-0.4, -0.2) is 17.2 Å². The van der Waals surface area contributed by atoms with E-state index in [2.05, 4.69) is 6.92 Å². The van der Waals surface area contributed by atoms with Gasteiger partial charge in [0.15, 0.2) is 0 Å². The topological polar surface area (TPSA) is 46.5 Å². The highest BCUT2D eigenvalue weighted by Crippen LogP contribution is 2.15. The summed E-state index contributed by atoms with van der Waals surface area (Å²) in [6.45, 7) is 2.25. The molecule has 0 aromatic heterocycles. The van der Waals surface area contributed by atoms with Crippen LogP contribution < -0.4 is 4.74 Å². The molecule has 0 saturated heterocycles. The van der Waals surface area contributed by atoms with Gasteiger partial charge in [-0.1, -0.05) is 95.8 Å². The molecule has 0 bridgehead atoms. The van der Waals surface area contributed by atoms with Crippen molar-refractivity contribution in [3.63, 3.8) is 0 Å². The van der Waals surface area contributed by atoms with Crippen LogP contribution in [0.4, 0.5) is 0 Å². The summed E-state index contributed by atoms with van der Waals surface area (Å²) in [6, 6.07) is 9.24.